The zero-order valence-corrected chi connectivity index (χ0v) is 10.4. The minimum absolute atomic E-state index is 0.931. The lowest BCUT2D eigenvalue weighted by Gasteiger charge is -2.15. The van der Waals surface area contributed by atoms with Crippen molar-refractivity contribution in [1.82, 2.24) is 14.5 Å². The maximum Gasteiger partial charge on any atom is 0.203 e. The Bertz CT molecular complexity index is 326. The summed E-state index contributed by atoms with van der Waals surface area (Å²) in [5, 5.41) is 3.31. The van der Waals surface area contributed by atoms with Gasteiger partial charge in [-0.1, -0.05) is 0 Å². The molecule has 1 aromatic heterocycles. The van der Waals surface area contributed by atoms with E-state index < -0.39 is 0 Å². The lowest BCUT2D eigenvalue weighted by molar-refractivity contribution is 0.323. The second-order valence-corrected chi connectivity index (χ2v) is 4.48. The quantitative estimate of drug-likeness (QED) is 0.823. The van der Waals surface area contributed by atoms with Crippen LogP contribution in [0.2, 0.25) is 0 Å². The molecule has 0 aromatic carbocycles. The van der Waals surface area contributed by atoms with Gasteiger partial charge in [-0.3, -0.25) is 0 Å². The highest BCUT2D eigenvalue weighted by Gasteiger charge is 2.12. The molecule has 1 fully saturated rings. The maximum atomic E-state index is 4.48. The summed E-state index contributed by atoms with van der Waals surface area (Å²) < 4.78 is 2.23. The number of rotatable bonds is 5. The van der Waals surface area contributed by atoms with Gasteiger partial charge in [-0.05, 0) is 39.8 Å². The van der Waals surface area contributed by atoms with Crippen LogP contribution in [-0.2, 0) is 6.54 Å². The molecular formula is C12H22N4. The highest BCUT2D eigenvalue weighted by Crippen LogP contribution is 2.11. The smallest absolute Gasteiger partial charge is 0.203 e. The number of likely N-dealkylation sites (tertiary alicyclic amines) is 1. The maximum absolute atomic E-state index is 4.48. The number of nitrogens with one attached hydrogen (secondary N) is 1. The Balaban J connectivity index is 1.91. The third-order valence-corrected chi connectivity index (χ3v) is 3.09. The van der Waals surface area contributed by atoms with Crippen LogP contribution in [0, 0.1) is 6.92 Å². The molecule has 0 saturated carbocycles. The molecule has 0 amide bonds. The molecule has 1 aliphatic heterocycles. The van der Waals surface area contributed by atoms with Crippen LogP contribution in [-0.4, -0.2) is 40.6 Å². The van der Waals surface area contributed by atoms with Crippen LogP contribution in [0.25, 0.3) is 0 Å². The minimum atomic E-state index is 0.931. The summed E-state index contributed by atoms with van der Waals surface area (Å²) in [5.74, 6) is 1.01. The average molecular weight is 222 g/mol. The Morgan fingerprint density at radius 1 is 1.31 bits per heavy atom. The van der Waals surface area contributed by atoms with Crippen molar-refractivity contribution in [2.75, 3.05) is 31.5 Å². The average Bonchev–Trinajstić information content (AvgIpc) is 2.86. The number of hydrogen-bond donors (Lipinski definition) is 1. The summed E-state index contributed by atoms with van der Waals surface area (Å²) in [6.45, 7) is 9.81. The molecule has 16 heavy (non-hydrogen) atoms. The number of anilines is 1. The number of hydrogen-bond acceptors (Lipinski definition) is 3. The van der Waals surface area contributed by atoms with Gasteiger partial charge in [0.05, 0.1) is 5.69 Å². The van der Waals surface area contributed by atoms with Crippen LogP contribution >= 0.6 is 0 Å². The molecule has 0 spiro atoms. The molecule has 2 heterocycles. The minimum Gasteiger partial charge on any atom is -0.356 e. The zero-order chi connectivity index (χ0) is 11.4. The highest BCUT2D eigenvalue weighted by atomic mass is 15.2. The van der Waals surface area contributed by atoms with Crippen molar-refractivity contribution in [3.8, 4) is 0 Å². The van der Waals surface area contributed by atoms with Crippen molar-refractivity contribution in [1.29, 1.82) is 0 Å². The lowest BCUT2D eigenvalue weighted by atomic mass is 10.4. The molecule has 1 aliphatic rings. The number of nitrogens with zero attached hydrogens (tertiary/aromatic N) is 3. The van der Waals surface area contributed by atoms with Crippen molar-refractivity contribution >= 4 is 5.95 Å². The summed E-state index contributed by atoms with van der Waals surface area (Å²) >= 11 is 0. The summed E-state index contributed by atoms with van der Waals surface area (Å²) in [5.41, 5.74) is 1.09. The van der Waals surface area contributed by atoms with E-state index in [1.807, 2.05) is 6.92 Å². The van der Waals surface area contributed by atoms with E-state index in [1.165, 1.54) is 25.9 Å². The monoisotopic (exact) mass is 222 g/mol. The van der Waals surface area contributed by atoms with E-state index in [0.29, 0.717) is 0 Å². The molecule has 0 atom stereocenters. The Morgan fingerprint density at radius 3 is 2.75 bits per heavy atom. The number of imidazole rings is 1. The molecule has 90 valence electrons. The fourth-order valence-corrected chi connectivity index (χ4v) is 2.27. The normalized spacial score (nSPS) is 16.9. The van der Waals surface area contributed by atoms with Crippen LogP contribution in [0.4, 0.5) is 5.95 Å². The van der Waals surface area contributed by atoms with Crippen LogP contribution in [0.5, 0.6) is 0 Å². The van der Waals surface area contributed by atoms with Crippen LogP contribution in [0.1, 0.15) is 25.5 Å². The van der Waals surface area contributed by atoms with Gasteiger partial charge in [0.1, 0.15) is 0 Å². The molecule has 0 bridgehead atoms. The van der Waals surface area contributed by atoms with E-state index in [-0.39, 0.29) is 0 Å². The fraction of sp³-hybridized carbons (Fsp3) is 0.750. The van der Waals surface area contributed by atoms with Crippen molar-refractivity contribution in [2.24, 2.45) is 0 Å². The highest BCUT2D eigenvalue weighted by molar-refractivity contribution is 5.28. The molecule has 2 rings (SSSR count). The van der Waals surface area contributed by atoms with Gasteiger partial charge < -0.3 is 14.8 Å². The van der Waals surface area contributed by atoms with Gasteiger partial charge in [0.2, 0.25) is 5.95 Å². The van der Waals surface area contributed by atoms with Gasteiger partial charge in [0.25, 0.3) is 0 Å². The van der Waals surface area contributed by atoms with Crippen LogP contribution < -0.4 is 5.32 Å². The Labute approximate surface area is 97.7 Å². The van der Waals surface area contributed by atoms with Crippen molar-refractivity contribution in [3.63, 3.8) is 0 Å². The molecule has 0 unspecified atom stereocenters. The fourth-order valence-electron chi connectivity index (χ4n) is 2.27. The topological polar surface area (TPSA) is 33.1 Å². The third kappa shape index (κ3) is 2.76. The predicted octanol–water partition coefficient (Wildman–Crippen LogP) is 1.72. The summed E-state index contributed by atoms with van der Waals surface area (Å²) in [6.07, 6.45) is 4.86. The van der Waals surface area contributed by atoms with Crippen LogP contribution in [0.3, 0.4) is 0 Å². The Morgan fingerprint density at radius 2 is 2.06 bits per heavy atom. The Hall–Kier alpha value is -1.03. The van der Waals surface area contributed by atoms with Gasteiger partial charge in [-0.2, -0.15) is 0 Å². The molecule has 1 saturated heterocycles. The van der Waals surface area contributed by atoms with E-state index in [1.54, 1.807) is 0 Å². The van der Waals surface area contributed by atoms with Crippen molar-refractivity contribution in [2.45, 2.75) is 33.2 Å². The van der Waals surface area contributed by atoms with Gasteiger partial charge in [0.15, 0.2) is 0 Å². The van der Waals surface area contributed by atoms with E-state index in [2.05, 4.69) is 32.9 Å². The number of aromatic nitrogens is 2. The molecule has 4 nitrogen and oxygen atoms in total. The molecule has 0 aliphatic carbocycles. The third-order valence-electron chi connectivity index (χ3n) is 3.09. The van der Waals surface area contributed by atoms with Gasteiger partial charge in [-0.15, -0.1) is 0 Å². The molecule has 0 radical (unpaired) electrons. The molecular weight excluding hydrogens is 200 g/mol. The van der Waals surface area contributed by atoms with Crippen molar-refractivity contribution in [3.05, 3.63) is 11.9 Å². The van der Waals surface area contributed by atoms with E-state index in [4.69, 9.17) is 0 Å². The van der Waals surface area contributed by atoms with Crippen LogP contribution in [0.15, 0.2) is 6.20 Å². The molecule has 1 N–H and O–H groups in total. The first-order valence-corrected chi connectivity index (χ1v) is 6.29. The van der Waals surface area contributed by atoms with Gasteiger partial charge >= 0.3 is 0 Å². The summed E-state index contributed by atoms with van der Waals surface area (Å²) in [6, 6.07) is 0. The van der Waals surface area contributed by atoms with Gasteiger partial charge in [-0.25, -0.2) is 4.98 Å². The summed E-state index contributed by atoms with van der Waals surface area (Å²) in [7, 11) is 0. The SMILES string of the molecule is CCNc1nc(C)cn1CCN1CCCC1. The Kier molecular flexibility index (Phi) is 3.83. The molecule has 4 heteroatoms. The first-order chi connectivity index (χ1) is 7.79. The van der Waals surface area contributed by atoms with Gasteiger partial charge in [0, 0.05) is 25.8 Å². The molecule has 1 aromatic rings. The number of aryl methyl sites for hydroxylation is 1. The summed E-state index contributed by atoms with van der Waals surface area (Å²) in [4.78, 5) is 7.01. The zero-order valence-electron chi connectivity index (χ0n) is 10.4. The first kappa shape index (κ1) is 11.5. The van der Waals surface area contributed by atoms with Crippen molar-refractivity contribution < 1.29 is 0 Å². The standard InChI is InChI=1S/C12H22N4/c1-3-13-12-14-11(2)10-16(12)9-8-15-6-4-5-7-15/h10H,3-9H2,1-2H3,(H,13,14). The lowest BCUT2D eigenvalue weighted by Crippen LogP contribution is -2.24. The van der Waals surface area contributed by atoms with E-state index >= 15 is 0 Å². The van der Waals surface area contributed by atoms with E-state index in [9.17, 15) is 0 Å². The second kappa shape index (κ2) is 5.34. The predicted molar refractivity (Wildman–Crippen MR) is 66.8 cm³/mol. The first-order valence-electron chi connectivity index (χ1n) is 6.29. The second-order valence-electron chi connectivity index (χ2n) is 4.48. The largest absolute Gasteiger partial charge is 0.356 e. The van der Waals surface area contributed by atoms with E-state index in [0.717, 1.165) is 31.3 Å².